The summed E-state index contributed by atoms with van der Waals surface area (Å²) in [4.78, 5) is 0. The van der Waals surface area contributed by atoms with Crippen LogP contribution >= 0.6 is 22.6 Å². The molecule has 4 heteroatoms. The summed E-state index contributed by atoms with van der Waals surface area (Å²) in [6.45, 7) is 12.0. The van der Waals surface area contributed by atoms with Gasteiger partial charge in [-0.25, -0.2) is 0 Å². The molecule has 0 aliphatic carbocycles. The number of nitrogens with one attached hydrogen (secondary N) is 1. The van der Waals surface area contributed by atoms with E-state index in [1.165, 1.54) is 3.57 Å². The first-order valence-electron chi connectivity index (χ1n) is 5.74. The van der Waals surface area contributed by atoms with Crippen LogP contribution < -0.4 is 5.32 Å². The van der Waals surface area contributed by atoms with Gasteiger partial charge in [0.05, 0.1) is 15.8 Å². The average molecular weight is 335 g/mol. The van der Waals surface area contributed by atoms with Crippen LogP contribution in [0.25, 0.3) is 0 Å². The number of halogens is 1. The van der Waals surface area contributed by atoms with E-state index in [1.54, 1.807) is 0 Å². The first-order chi connectivity index (χ1) is 7.29. The third kappa shape index (κ3) is 4.41. The highest BCUT2D eigenvalue weighted by Crippen LogP contribution is 2.18. The standard InChI is InChI=1S/C12H22IN3/c1-9(2)11(7-14-12(3,4)5)16-8-10(13)6-15-16/h6,8-9,11,14H,7H2,1-5H3. The Morgan fingerprint density at radius 3 is 2.44 bits per heavy atom. The van der Waals surface area contributed by atoms with Gasteiger partial charge in [-0.1, -0.05) is 13.8 Å². The zero-order valence-corrected chi connectivity index (χ0v) is 12.9. The summed E-state index contributed by atoms with van der Waals surface area (Å²) in [6, 6.07) is 0.419. The summed E-state index contributed by atoms with van der Waals surface area (Å²) in [7, 11) is 0. The fraction of sp³-hybridized carbons (Fsp3) is 0.750. The largest absolute Gasteiger partial charge is 0.310 e. The van der Waals surface area contributed by atoms with Gasteiger partial charge < -0.3 is 5.32 Å². The molecule has 1 aromatic heterocycles. The molecule has 1 heterocycles. The quantitative estimate of drug-likeness (QED) is 0.857. The van der Waals surface area contributed by atoms with Crippen LogP contribution in [0.2, 0.25) is 0 Å². The number of hydrogen-bond acceptors (Lipinski definition) is 2. The van der Waals surface area contributed by atoms with Crippen LogP contribution in [0.1, 0.15) is 40.7 Å². The molecular formula is C12H22IN3. The minimum Gasteiger partial charge on any atom is -0.310 e. The number of aromatic nitrogens is 2. The Kier molecular flexibility index (Phi) is 4.79. The second-order valence-electron chi connectivity index (χ2n) is 5.58. The van der Waals surface area contributed by atoms with E-state index in [9.17, 15) is 0 Å². The van der Waals surface area contributed by atoms with Gasteiger partial charge in [-0.3, -0.25) is 4.68 Å². The molecule has 16 heavy (non-hydrogen) atoms. The number of nitrogens with zero attached hydrogens (tertiary/aromatic N) is 2. The summed E-state index contributed by atoms with van der Waals surface area (Å²) >= 11 is 2.30. The second-order valence-corrected chi connectivity index (χ2v) is 6.83. The SMILES string of the molecule is CC(C)C(CNC(C)(C)C)n1cc(I)cn1. The summed E-state index contributed by atoms with van der Waals surface area (Å²) in [5, 5.41) is 7.95. The lowest BCUT2D eigenvalue weighted by atomic mass is 10.0. The monoisotopic (exact) mass is 335 g/mol. The third-order valence-corrected chi connectivity index (χ3v) is 3.08. The highest BCUT2D eigenvalue weighted by atomic mass is 127. The lowest BCUT2D eigenvalue weighted by Gasteiger charge is -2.27. The minimum absolute atomic E-state index is 0.160. The Labute approximate surface area is 112 Å². The fourth-order valence-electron chi connectivity index (χ4n) is 1.54. The lowest BCUT2D eigenvalue weighted by Crippen LogP contribution is -2.41. The number of rotatable bonds is 4. The molecule has 0 fully saturated rings. The van der Waals surface area contributed by atoms with Crippen LogP contribution in [0.3, 0.4) is 0 Å². The van der Waals surface area contributed by atoms with Crippen LogP contribution in [0.5, 0.6) is 0 Å². The smallest absolute Gasteiger partial charge is 0.0667 e. The summed E-state index contributed by atoms with van der Waals surface area (Å²) < 4.78 is 3.27. The highest BCUT2D eigenvalue weighted by molar-refractivity contribution is 14.1. The minimum atomic E-state index is 0.160. The molecule has 0 spiro atoms. The molecular weight excluding hydrogens is 313 g/mol. The summed E-state index contributed by atoms with van der Waals surface area (Å²) in [5.74, 6) is 0.575. The van der Waals surface area contributed by atoms with Crippen molar-refractivity contribution in [2.24, 2.45) is 5.92 Å². The van der Waals surface area contributed by atoms with E-state index in [-0.39, 0.29) is 5.54 Å². The van der Waals surface area contributed by atoms with E-state index in [2.05, 4.69) is 78.5 Å². The molecule has 0 bridgehead atoms. The Balaban J connectivity index is 2.69. The van der Waals surface area contributed by atoms with Gasteiger partial charge in [-0.2, -0.15) is 5.10 Å². The normalized spacial score (nSPS) is 14.4. The maximum Gasteiger partial charge on any atom is 0.0667 e. The van der Waals surface area contributed by atoms with Crippen molar-refractivity contribution in [2.75, 3.05) is 6.54 Å². The first-order valence-corrected chi connectivity index (χ1v) is 6.82. The maximum atomic E-state index is 4.41. The van der Waals surface area contributed by atoms with Crippen LogP contribution in [0.4, 0.5) is 0 Å². The lowest BCUT2D eigenvalue weighted by molar-refractivity contribution is 0.294. The van der Waals surface area contributed by atoms with Gasteiger partial charge in [0, 0.05) is 18.3 Å². The van der Waals surface area contributed by atoms with Crippen LogP contribution in [-0.4, -0.2) is 21.9 Å². The molecule has 1 N–H and O–H groups in total. The fourth-order valence-corrected chi connectivity index (χ4v) is 1.95. The van der Waals surface area contributed by atoms with E-state index < -0.39 is 0 Å². The Morgan fingerprint density at radius 2 is 2.06 bits per heavy atom. The van der Waals surface area contributed by atoms with Crippen molar-refractivity contribution in [2.45, 2.75) is 46.2 Å². The molecule has 0 aromatic carbocycles. The van der Waals surface area contributed by atoms with Gasteiger partial charge in [0.1, 0.15) is 0 Å². The van der Waals surface area contributed by atoms with Crippen LogP contribution in [-0.2, 0) is 0 Å². The molecule has 1 aromatic rings. The highest BCUT2D eigenvalue weighted by Gasteiger charge is 2.19. The van der Waals surface area contributed by atoms with Gasteiger partial charge in [-0.15, -0.1) is 0 Å². The molecule has 0 aliphatic rings. The van der Waals surface area contributed by atoms with Crippen molar-refractivity contribution in [3.05, 3.63) is 16.0 Å². The molecule has 0 saturated heterocycles. The van der Waals surface area contributed by atoms with E-state index >= 15 is 0 Å². The van der Waals surface area contributed by atoms with E-state index in [0.717, 1.165) is 6.54 Å². The topological polar surface area (TPSA) is 29.9 Å². The molecule has 1 unspecified atom stereocenters. The molecule has 0 aliphatic heterocycles. The number of hydrogen-bond donors (Lipinski definition) is 1. The third-order valence-electron chi connectivity index (χ3n) is 2.52. The molecule has 3 nitrogen and oxygen atoms in total. The molecule has 0 radical (unpaired) electrons. The van der Waals surface area contributed by atoms with Gasteiger partial charge in [0.2, 0.25) is 0 Å². The van der Waals surface area contributed by atoms with Crippen molar-refractivity contribution in [3.8, 4) is 0 Å². The van der Waals surface area contributed by atoms with Gasteiger partial charge >= 0.3 is 0 Å². The Hall–Kier alpha value is -0.100. The Morgan fingerprint density at radius 1 is 1.44 bits per heavy atom. The van der Waals surface area contributed by atoms with Crippen molar-refractivity contribution < 1.29 is 0 Å². The maximum absolute atomic E-state index is 4.41. The van der Waals surface area contributed by atoms with E-state index in [0.29, 0.717) is 12.0 Å². The van der Waals surface area contributed by atoms with Crippen molar-refractivity contribution >= 4 is 22.6 Å². The van der Waals surface area contributed by atoms with Crippen LogP contribution in [0, 0.1) is 9.49 Å². The second kappa shape index (κ2) is 5.49. The molecule has 1 rings (SSSR count). The summed E-state index contributed by atoms with van der Waals surface area (Å²) in [6.07, 6.45) is 4.02. The van der Waals surface area contributed by atoms with Crippen LogP contribution in [0.15, 0.2) is 12.4 Å². The zero-order valence-electron chi connectivity index (χ0n) is 10.8. The van der Waals surface area contributed by atoms with Crippen molar-refractivity contribution in [1.82, 2.24) is 15.1 Å². The predicted octanol–water partition coefficient (Wildman–Crippen LogP) is 3.07. The van der Waals surface area contributed by atoms with E-state index in [1.807, 2.05) is 6.20 Å². The predicted molar refractivity (Wildman–Crippen MR) is 76.6 cm³/mol. The first kappa shape index (κ1) is 14.0. The average Bonchev–Trinajstić information content (AvgIpc) is 2.49. The van der Waals surface area contributed by atoms with Gasteiger partial charge in [0.15, 0.2) is 0 Å². The van der Waals surface area contributed by atoms with Crippen molar-refractivity contribution in [1.29, 1.82) is 0 Å². The van der Waals surface area contributed by atoms with Gasteiger partial charge in [-0.05, 0) is 49.3 Å². The zero-order chi connectivity index (χ0) is 12.3. The van der Waals surface area contributed by atoms with E-state index in [4.69, 9.17) is 0 Å². The Bertz CT molecular complexity index is 325. The van der Waals surface area contributed by atoms with Crippen molar-refractivity contribution in [3.63, 3.8) is 0 Å². The molecule has 92 valence electrons. The molecule has 0 amide bonds. The summed E-state index contributed by atoms with van der Waals surface area (Å²) in [5.41, 5.74) is 0.160. The molecule has 0 saturated carbocycles. The van der Waals surface area contributed by atoms with Gasteiger partial charge in [0.25, 0.3) is 0 Å². The molecule has 1 atom stereocenters.